The van der Waals surface area contributed by atoms with Crippen LogP contribution in [0.4, 0.5) is 0 Å². The highest BCUT2D eigenvalue weighted by atomic mass is 16.5. The predicted molar refractivity (Wildman–Crippen MR) is 78.5 cm³/mol. The van der Waals surface area contributed by atoms with Gasteiger partial charge in [0.05, 0.1) is 12.6 Å². The molecule has 3 aliphatic rings. The van der Waals surface area contributed by atoms with Crippen LogP contribution in [0.2, 0.25) is 0 Å². The van der Waals surface area contributed by atoms with Crippen molar-refractivity contribution in [2.75, 3.05) is 20.3 Å². The summed E-state index contributed by atoms with van der Waals surface area (Å²) in [5.74, 6) is 1.15. The fraction of sp³-hybridized carbons (Fsp3) is 0.938. The number of hydrogen-bond donors (Lipinski definition) is 1. The first kappa shape index (κ1) is 14.3. The summed E-state index contributed by atoms with van der Waals surface area (Å²) < 4.78 is 5.16. The highest BCUT2D eigenvalue weighted by Gasteiger charge is 2.39. The first-order chi connectivity index (χ1) is 9.79. The van der Waals surface area contributed by atoms with Gasteiger partial charge in [0.2, 0.25) is 5.91 Å². The maximum absolute atomic E-state index is 12.8. The van der Waals surface area contributed by atoms with Crippen molar-refractivity contribution in [3.05, 3.63) is 0 Å². The molecule has 1 saturated heterocycles. The summed E-state index contributed by atoms with van der Waals surface area (Å²) in [6, 6.07) is 1.14. The van der Waals surface area contributed by atoms with Crippen LogP contribution in [-0.2, 0) is 9.53 Å². The van der Waals surface area contributed by atoms with Crippen molar-refractivity contribution >= 4 is 5.91 Å². The van der Waals surface area contributed by atoms with Crippen LogP contribution in [0.25, 0.3) is 0 Å². The van der Waals surface area contributed by atoms with Crippen molar-refractivity contribution in [1.82, 2.24) is 10.2 Å². The van der Waals surface area contributed by atoms with E-state index in [2.05, 4.69) is 10.2 Å². The topological polar surface area (TPSA) is 41.6 Å². The maximum atomic E-state index is 12.8. The Morgan fingerprint density at radius 3 is 2.70 bits per heavy atom. The number of nitrogens with zero attached hydrogens (tertiary/aromatic N) is 1. The van der Waals surface area contributed by atoms with E-state index < -0.39 is 0 Å². The maximum Gasteiger partial charge on any atom is 0.240 e. The molecule has 1 heterocycles. The molecule has 0 aromatic carbocycles. The number of carbonyl (C=O) groups is 1. The molecule has 4 nitrogen and oxygen atoms in total. The number of fused-ring (bicyclic) bond motifs is 1. The van der Waals surface area contributed by atoms with E-state index in [-0.39, 0.29) is 6.04 Å². The number of piperidine rings is 1. The molecule has 3 fully saturated rings. The monoisotopic (exact) mass is 280 g/mol. The second kappa shape index (κ2) is 6.44. The van der Waals surface area contributed by atoms with Gasteiger partial charge in [0.15, 0.2) is 0 Å². The number of ether oxygens (including phenoxy) is 1. The van der Waals surface area contributed by atoms with Crippen LogP contribution in [0.3, 0.4) is 0 Å². The quantitative estimate of drug-likeness (QED) is 0.837. The van der Waals surface area contributed by atoms with Gasteiger partial charge in [-0.2, -0.15) is 0 Å². The average Bonchev–Trinajstić information content (AvgIpc) is 3.32. The van der Waals surface area contributed by atoms with Crippen molar-refractivity contribution in [1.29, 1.82) is 0 Å². The summed E-state index contributed by atoms with van der Waals surface area (Å²) in [5.41, 5.74) is 0. The van der Waals surface area contributed by atoms with E-state index in [9.17, 15) is 4.79 Å². The molecule has 0 bridgehead atoms. The molecule has 114 valence electrons. The Morgan fingerprint density at radius 1 is 1.15 bits per heavy atom. The lowest BCUT2D eigenvalue weighted by molar-refractivity contribution is -0.136. The van der Waals surface area contributed by atoms with Crippen LogP contribution in [0.1, 0.15) is 51.4 Å². The fourth-order valence-electron chi connectivity index (χ4n) is 3.94. The lowest BCUT2D eigenvalue weighted by Gasteiger charge is -2.41. The molecule has 20 heavy (non-hydrogen) atoms. The van der Waals surface area contributed by atoms with E-state index in [1.54, 1.807) is 7.11 Å². The van der Waals surface area contributed by atoms with Gasteiger partial charge in [-0.1, -0.05) is 12.8 Å². The highest BCUT2D eigenvalue weighted by molar-refractivity contribution is 5.82. The molecule has 0 spiro atoms. The van der Waals surface area contributed by atoms with Gasteiger partial charge in [0, 0.05) is 25.7 Å². The van der Waals surface area contributed by atoms with E-state index in [1.807, 2.05) is 0 Å². The highest BCUT2D eigenvalue weighted by Crippen LogP contribution is 2.34. The average molecular weight is 280 g/mol. The smallest absolute Gasteiger partial charge is 0.240 e. The van der Waals surface area contributed by atoms with Crippen LogP contribution in [-0.4, -0.2) is 49.2 Å². The van der Waals surface area contributed by atoms with Gasteiger partial charge < -0.3 is 15.0 Å². The molecule has 2 saturated carbocycles. The Morgan fingerprint density at radius 2 is 1.95 bits per heavy atom. The fourth-order valence-corrected chi connectivity index (χ4v) is 3.94. The van der Waals surface area contributed by atoms with Gasteiger partial charge in [-0.25, -0.2) is 0 Å². The van der Waals surface area contributed by atoms with E-state index in [0.717, 1.165) is 18.9 Å². The standard InChI is InChI=1S/C16H28N2O2/c1-20-11-10-18(13-7-8-13)16(19)15-9-6-12-4-2-3-5-14(12)17-15/h12-15,17H,2-11H2,1H3. The molecule has 0 radical (unpaired) electrons. The van der Waals surface area contributed by atoms with Gasteiger partial charge in [-0.15, -0.1) is 0 Å². The van der Waals surface area contributed by atoms with Crippen molar-refractivity contribution in [3.8, 4) is 0 Å². The van der Waals surface area contributed by atoms with Crippen LogP contribution in [0.5, 0.6) is 0 Å². The number of hydrogen-bond acceptors (Lipinski definition) is 3. The van der Waals surface area contributed by atoms with E-state index >= 15 is 0 Å². The van der Waals surface area contributed by atoms with Gasteiger partial charge in [0.25, 0.3) is 0 Å². The van der Waals surface area contributed by atoms with Crippen molar-refractivity contribution < 1.29 is 9.53 Å². The summed E-state index contributed by atoms with van der Waals surface area (Å²) in [4.78, 5) is 14.8. The summed E-state index contributed by atoms with van der Waals surface area (Å²) in [6.45, 7) is 1.41. The lowest BCUT2D eigenvalue weighted by atomic mass is 9.77. The minimum atomic E-state index is 0.0619. The molecule has 3 rings (SSSR count). The van der Waals surface area contributed by atoms with Crippen molar-refractivity contribution in [2.24, 2.45) is 5.92 Å². The van der Waals surface area contributed by atoms with Crippen molar-refractivity contribution in [3.63, 3.8) is 0 Å². The third-order valence-electron chi connectivity index (χ3n) is 5.26. The number of amides is 1. The Hall–Kier alpha value is -0.610. The lowest BCUT2D eigenvalue weighted by Crippen LogP contribution is -2.56. The molecular weight excluding hydrogens is 252 g/mol. The Bertz CT molecular complexity index is 343. The molecule has 1 aliphatic heterocycles. The van der Waals surface area contributed by atoms with Crippen LogP contribution < -0.4 is 5.32 Å². The SMILES string of the molecule is COCCN(C(=O)C1CCC2CCCCC2N1)C1CC1. The van der Waals surface area contributed by atoms with E-state index in [4.69, 9.17) is 4.74 Å². The van der Waals surface area contributed by atoms with Crippen LogP contribution >= 0.6 is 0 Å². The van der Waals surface area contributed by atoms with E-state index in [0.29, 0.717) is 24.6 Å². The Labute approximate surface area is 122 Å². The molecule has 2 aliphatic carbocycles. The minimum Gasteiger partial charge on any atom is -0.383 e. The first-order valence-corrected chi connectivity index (χ1v) is 8.35. The summed E-state index contributed by atoms with van der Waals surface area (Å²) in [6.07, 6.45) is 9.93. The summed E-state index contributed by atoms with van der Waals surface area (Å²) in [7, 11) is 1.71. The van der Waals surface area contributed by atoms with Gasteiger partial charge in [0.1, 0.15) is 0 Å². The second-order valence-corrected chi connectivity index (χ2v) is 6.70. The molecule has 0 aromatic rings. The normalized spacial score (nSPS) is 33.5. The minimum absolute atomic E-state index is 0.0619. The van der Waals surface area contributed by atoms with E-state index in [1.165, 1.54) is 44.9 Å². The molecule has 3 atom stereocenters. The molecule has 1 amide bonds. The van der Waals surface area contributed by atoms with Crippen molar-refractivity contribution in [2.45, 2.75) is 69.5 Å². The third-order valence-corrected chi connectivity index (χ3v) is 5.26. The molecule has 4 heteroatoms. The van der Waals surface area contributed by atoms with Gasteiger partial charge in [-0.05, 0) is 44.4 Å². The molecule has 1 N–H and O–H groups in total. The molecule has 3 unspecified atom stereocenters. The zero-order valence-corrected chi connectivity index (χ0v) is 12.6. The zero-order chi connectivity index (χ0) is 13.9. The third kappa shape index (κ3) is 3.17. The van der Waals surface area contributed by atoms with Crippen LogP contribution in [0, 0.1) is 5.92 Å². The summed E-state index contributed by atoms with van der Waals surface area (Å²) in [5, 5.41) is 3.66. The second-order valence-electron chi connectivity index (χ2n) is 6.70. The Balaban J connectivity index is 1.58. The number of nitrogens with one attached hydrogen (secondary N) is 1. The summed E-state index contributed by atoms with van der Waals surface area (Å²) >= 11 is 0. The van der Waals surface area contributed by atoms with Gasteiger partial charge in [-0.3, -0.25) is 4.79 Å². The molecule has 0 aromatic heterocycles. The Kier molecular flexibility index (Phi) is 4.61. The number of methoxy groups -OCH3 is 1. The number of rotatable bonds is 5. The predicted octanol–water partition coefficient (Wildman–Crippen LogP) is 1.93. The largest absolute Gasteiger partial charge is 0.383 e. The van der Waals surface area contributed by atoms with Crippen LogP contribution in [0.15, 0.2) is 0 Å². The zero-order valence-electron chi connectivity index (χ0n) is 12.6. The first-order valence-electron chi connectivity index (χ1n) is 8.35. The van der Waals surface area contributed by atoms with Gasteiger partial charge >= 0.3 is 0 Å². The number of carbonyl (C=O) groups excluding carboxylic acids is 1. The molecular formula is C16H28N2O2.